The van der Waals surface area contributed by atoms with E-state index >= 15 is 0 Å². The molecule has 4 rings (SSSR count). The molecule has 4 unspecified atom stereocenters. The molecule has 3 nitrogen and oxygen atoms in total. The molecule has 0 aromatic heterocycles. The zero-order valence-corrected chi connectivity index (χ0v) is 12.2. The van der Waals surface area contributed by atoms with Crippen LogP contribution in [0.2, 0.25) is 0 Å². The lowest BCUT2D eigenvalue weighted by molar-refractivity contribution is -0.214. The Morgan fingerprint density at radius 1 is 1.42 bits per heavy atom. The van der Waals surface area contributed by atoms with Crippen LogP contribution in [-0.4, -0.2) is 44.7 Å². The third-order valence-electron chi connectivity index (χ3n) is 6.24. The second-order valence-electron chi connectivity index (χ2n) is 6.68. The summed E-state index contributed by atoms with van der Waals surface area (Å²) in [6, 6.07) is 7.90. The number of ether oxygens (including phenoxy) is 1. The topological polar surface area (TPSA) is 24.5 Å². The van der Waals surface area contributed by atoms with E-state index in [9.17, 15) is 0 Å². The van der Waals surface area contributed by atoms with E-state index in [-0.39, 0.29) is 5.41 Å². The van der Waals surface area contributed by atoms with Gasteiger partial charge < -0.3 is 15.0 Å². The first-order chi connectivity index (χ1) is 9.08. The van der Waals surface area contributed by atoms with E-state index < -0.39 is 0 Å². The third kappa shape index (κ3) is 1.02. The number of likely N-dealkylation sites (tertiary alicyclic amines) is 1. The third-order valence-corrected chi connectivity index (χ3v) is 6.24. The summed E-state index contributed by atoms with van der Waals surface area (Å²) in [5.74, 6) is 0.989. The summed E-state index contributed by atoms with van der Waals surface area (Å²) in [7, 11) is 6.11. The number of hydrogen-bond donors (Lipinski definition) is 1. The Bertz CT molecular complexity index is 558. The molecule has 1 N–H and O–H groups in total. The molecule has 19 heavy (non-hydrogen) atoms. The zero-order valence-electron chi connectivity index (χ0n) is 12.2. The van der Waals surface area contributed by atoms with Gasteiger partial charge >= 0.3 is 0 Å². The lowest BCUT2D eigenvalue weighted by Crippen LogP contribution is -2.88. The summed E-state index contributed by atoms with van der Waals surface area (Å²) in [6.45, 7) is 3.67. The molecule has 2 fully saturated rings. The van der Waals surface area contributed by atoms with Crippen LogP contribution in [0.15, 0.2) is 18.2 Å². The number of benzene rings is 1. The van der Waals surface area contributed by atoms with Crippen molar-refractivity contribution in [1.82, 2.24) is 10.2 Å². The molecule has 1 saturated carbocycles. The van der Waals surface area contributed by atoms with Crippen molar-refractivity contribution < 1.29 is 4.74 Å². The number of rotatable bonds is 2. The Hall–Kier alpha value is -1.06. The van der Waals surface area contributed by atoms with Crippen molar-refractivity contribution in [3.05, 3.63) is 29.3 Å². The Balaban J connectivity index is 1.85. The average molecular weight is 258 g/mol. The number of fused-ring (bicyclic) bond motifs is 2. The maximum absolute atomic E-state index is 5.43. The fourth-order valence-electron chi connectivity index (χ4n) is 5.41. The first-order valence-electron chi connectivity index (χ1n) is 7.13. The molecule has 3 aliphatic rings. The molecule has 3 heteroatoms. The molecule has 0 radical (unpaired) electrons. The summed E-state index contributed by atoms with van der Waals surface area (Å²) in [6.07, 6.45) is 1.23. The fraction of sp³-hybridized carbons (Fsp3) is 0.625. The number of hydrogen-bond acceptors (Lipinski definition) is 3. The maximum atomic E-state index is 5.43. The molecular formula is C16H22N2O. The van der Waals surface area contributed by atoms with Gasteiger partial charge in [0.1, 0.15) is 5.75 Å². The molecular weight excluding hydrogens is 236 g/mol. The summed E-state index contributed by atoms with van der Waals surface area (Å²) < 4.78 is 5.43. The number of nitrogens with one attached hydrogen (secondary N) is 1. The van der Waals surface area contributed by atoms with Crippen molar-refractivity contribution in [2.45, 2.75) is 30.8 Å². The Kier molecular flexibility index (Phi) is 2.06. The Morgan fingerprint density at radius 3 is 2.84 bits per heavy atom. The number of methoxy groups -OCH3 is 1. The van der Waals surface area contributed by atoms with Crippen LogP contribution in [-0.2, 0) is 11.8 Å². The summed E-state index contributed by atoms with van der Waals surface area (Å²) in [5, 5.41) is 3.57. The minimum Gasteiger partial charge on any atom is -0.497 e. The smallest absolute Gasteiger partial charge is 0.119 e. The van der Waals surface area contributed by atoms with Crippen LogP contribution in [0.1, 0.15) is 18.1 Å². The van der Waals surface area contributed by atoms with Crippen LogP contribution in [0.25, 0.3) is 0 Å². The second-order valence-corrected chi connectivity index (χ2v) is 6.68. The van der Waals surface area contributed by atoms with Crippen LogP contribution in [0.4, 0.5) is 0 Å². The molecule has 1 saturated heterocycles. The summed E-state index contributed by atoms with van der Waals surface area (Å²) in [4.78, 5) is 2.51. The van der Waals surface area contributed by atoms with E-state index in [1.165, 1.54) is 24.1 Å². The van der Waals surface area contributed by atoms with Gasteiger partial charge in [-0.3, -0.25) is 0 Å². The standard InChI is InChI=1S/C16H22N2O/c1-15-12-7-11(19-4)6-5-10(12)8-16(15)9-18(3)14(16)13(15)17-2/h5-7,13-14,17H,8-9H2,1-4H3. The Morgan fingerprint density at radius 2 is 2.21 bits per heavy atom. The van der Waals surface area contributed by atoms with E-state index in [1.807, 2.05) is 0 Å². The highest BCUT2D eigenvalue weighted by Gasteiger charge is 2.78. The molecule has 1 aromatic carbocycles. The van der Waals surface area contributed by atoms with Crippen LogP contribution in [0.5, 0.6) is 5.75 Å². The summed E-state index contributed by atoms with van der Waals surface area (Å²) >= 11 is 0. The minimum absolute atomic E-state index is 0.267. The summed E-state index contributed by atoms with van der Waals surface area (Å²) in [5.41, 5.74) is 3.77. The predicted octanol–water partition coefficient (Wildman–Crippen LogP) is 1.41. The van der Waals surface area contributed by atoms with Crippen molar-refractivity contribution in [1.29, 1.82) is 0 Å². The SMILES string of the molecule is CNC1C2N(C)CC23Cc2ccc(OC)cc2C13C. The quantitative estimate of drug-likeness (QED) is 0.868. The largest absolute Gasteiger partial charge is 0.497 e. The molecule has 1 aromatic rings. The molecule has 1 spiro atoms. The maximum Gasteiger partial charge on any atom is 0.119 e. The van der Waals surface area contributed by atoms with Crippen molar-refractivity contribution in [3.8, 4) is 5.75 Å². The van der Waals surface area contributed by atoms with Gasteiger partial charge in [-0.15, -0.1) is 0 Å². The van der Waals surface area contributed by atoms with Crippen LogP contribution in [0.3, 0.4) is 0 Å². The highest BCUT2D eigenvalue weighted by atomic mass is 16.5. The van der Waals surface area contributed by atoms with E-state index in [0.29, 0.717) is 17.5 Å². The average Bonchev–Trinajstić information content (AvgIpc) is 2.64. The predicted molar refractivity (Wildman–Crippen MR) is 75.7 cm³/mol. The van der Waals surface area contributed by atoms with Crippen molar-refractivity contribution in [2.24, 2.45) is 5.41 Å². The fourth-order valence-corrected chi connectivity index (χ4v) is 5.41. The molecule has 102 valence electrons. The van der Waals surface area contributed by atoms with Gasteiger partial charge in [-0.2, -0.15) is 0 Å². The number of nitrogens with zero attached hydrogens (tertiary/aromatic N) is 1. The lowest BCUT2D eigenvalue weighted by atomic mass is 9.40. The number of piperidine rings is 1. The lowest BCUT2D eigenvalue weighted by Gasteiger charge is -2.76. The van der Waals surface area contributed by atoms with E-state index in [4.69, 9.17) is 4.74 Å². The monoisotopic (exact) mass is 258 g/mol. The van der Waals surface area contributed by atoms with Gasteiger partial charge in [0.2, 0.25) is 0 Å². The highest BCUT2D eigenvalue weighted by molar-refractivity contribution is 5.56. The van der Waals surface area contributed by atoms with Crippen LogP contribution >= 0.6 is 0 Å². The second kappa shape index (κ2) is 3.33. The molecule has 0 amide bonds. The van der Waals surface area contributed by atoms with Crippen LogP contribution in [0, 0.1) is 5.41 Å². The van der Waals surface area contributed by atoms with Crippen molar-refractivity contribution in [3.63, 3.8) is 0 Å². The normalized spacial score (nSPS) is 42.7. The van der Waals surface area contributed by atoms with Gasteiger partial charge in [0, 0.05) is 29.5 Å². The van der Waals surface area contributed by atoms with E-state index in [1.54, 1.807) is 7.11 Å². The van der Waals surface area contributed by atoms with Gasteiger partial charge in [-0.05, 0) is 43.8 Å². The molecule has 2 aliphatic carbocycles. The van der Waals surface area contributed by atoms with Gasteiger partial charge in [-0.25, -0.2) is 0 Å². The number of likely N-dealkylation sites (N-methyl/N-ethyl adjacent to an activating group) is 2. The van der Waals surface area contributed by atoms with Crippen molar-refractivity contribution in [2.75, 3.05) is 27.7 Å². The first-order valence-corrected chi connectivity index (χ1v) is 7.13. The van der Waals surface area contributed by atoms with Gasteiger partial charge in [-0.1, -0.05) is 13.0 Å². The zero-order chi connectivity index (χ0) is 13.4. The van der Waals surface area contributed by atoms with E-state index in [2.05, 4.69) is 49.4 Å². The Labute approximate surface area is 114 Å². The molecule has 0 bridgehead atoms. The molecule has 4 atom stereocenters. The van der Waals surface area contributed by atoms with Crippen molar-refractivity contribution >= 4 is 0 Å². The van der Waals surface area contributed by atoms with Gasteiger partial charge in [0.05, 0.1) is 7.11 Å². The van der Waals surface area contributed by atoms with E-state index in [0.717, 1.165) is 5.75 Å². The highest BCUT2D eigenvalue weighted by Crippen LogP contribution is 2.70. The molecule has 1 aliphatic heterocycles. The minimum atomic E-state index is 0.267. The molecule has 1 heterocycles. The first kappa shape index (κ1) is 11.7. The van der Waals surface area contributed by atoms with Gasteiger partial charge in [0.15, 0.2) is 0 Å². The van der Waals surface area contributed by atoms with Crippen LogP contribution < -0.4 is 10.1 Å². The van der Waals surface area contributed by atoms with Gasteiger partial charge in [0.25, 0.3) is 0 Å².